The maximum Gasteiger partial charge on any atom is 0.287 e. The fourth-order valence-corrected chi connectivity index (χ4v) is 2.88. The van der Waals surface area contributed by atoms with Crippen LogP contribution in [0.3, 0.4) is 0 Å². The van der Waals surface area contributed by atoms with E-state index in [-0.39, 0.29) is 16.3 Å². The first kappa shape index (κ1) is 16.6. The number of carbonyl (C=O) groups is 1. The third-order valence-corrected chi connectivity index (χ3v) is 4.20. The minimum Gasteiger partial charge on any atom is -0.330 e. The van der Waals surface area contributed by atoms with Gasteiger partial charge in [-0.25, -0.2) is 4.98 Å². The fourth-order valence-electron chi connectivity index (χ4n) is 2.63. The molecule has 124 valence electrons. The van der Waals surface area contributed by atoms with E-state index in [1.165, 1.54) is 12.1 Å². The molecule has 0 bridgehead atoms. The molecule has 8 heteroatoms. The number of nitro benzene ring substituents is 1. The molecule has 1 atom stereocenters. The monoisotopic (exact) mass is 354 g/mol. The summed E-state index contributed by atoms with van der Waals surface area (Å²) in [6.45, 7) is 0. The molecule has 0 spiro atoms. The number of halogens is 1. The summed E-state index contributed by atoms with van der Waals surface area (Å²) in [5, 5.41) is 20.2. The van der Waals surface area contributed by atoms with Crippen LogP contribution in [0.1, 0.15) is 22.1 Å². The molecule has 0 aliphatic carbocycles. The number of benzene rings is 2. The summed E-state index contributed by atoms with van der Waals surface area (Å²) in [4.78, 5) is 27.3. The lowest BCUT2D eigenvalue weighted by Crippen LogP contribution is -2.15. The largest absolute Gasteiger partial charge is 0.330 e. The normalized spacial score (nSPS) is 11.9. The molecule has 2 aromatic carbocycles. The van der Waals surface area contributed by atoms with Gasteiger partial charge < -0.3 is 4.57 Å². The standard InChI is InChI=1S/C17H11ClN4O3/c1-21-15-5-3-2-4-13(15)20-17(21)11(9-19)16(23)10-6-7-14(22(24)25)12(18)8-10/h2-8,11H,1H3. The average Bonchev–Trinajstić information content (AvgIpc) is 2.92. The summed E-state index contributed by atoms with van der Waals surface area (Å²) in [6, 6.07) is 12.9. The number of nitro groups is 1. The molecule has 25 heavy (non-hydrogen) atoms. The SMILES string of the molecule is Cn1c(C(C#N)C(=O)c2ccc([N+](=O)[O-])c(Cl)c2)nc2ccccc21. The van der Waals surface area contributed by atoms with Gasteiger partial charge in [0.1, 0.15) is 10.8 Å². The van der Waals surface area contributed by atoms with E-state index in [4.69, 9.17) is 11.6 Å². The number of carbonyl (C=O) groups excluding carboxylic acids is 1. The van der Waals surface area contributed by atoms with Crippen molar-refractivity contribution in [3.63, 3.8) is 0 Å². The quantitative estimate of drug-likeness (QED) is 0.404. The number of para-hydroxylation sites is 2. The molecule has 0 saturated heterocycles. The summed E-state index contributed by atoms with van der Waals surface area (Å²) >= 11 is 5.86. The predicted octanol–water partition coefficient (Wildman–Crippen LogP) is 3.62. The molecule has 1 aromatic heterocycles. The summed E-state index contributed by atoms with van der Waals surface area (Å²) in [5.74, 6) is -1.35. The summed E-state index contributed by atoms with van der Waals surface area (Å²) in [5.41, 5.74) is 1.30. The molecule has 1 heterocycles. The maximum absolute atomic E-state index is 12.7. The van der Waals surface area contributed by atoms with Gasteiger partial charge in [0.25, 0.3) is 5.69 Å². The third kappa shape index (κ3) is 2.84. The first-order chi connectivity index (χ1) is 11.9. The van der Waals surface area contributed by atoms with Crippen molar-refractivity contribution < 1.29 is 9.72 Å². The van der Waals surface area contributed by atoms with Crippen molar-refractivity contribution in [3.8, 4) is 6.07 Å². The zero-order chi connectivity index (χ0) is 18.1. The van der Waals surface area contributed by atoms with Crippen LogP contribution >= 0.6 is 11.6 Å². The summed E-state index contributed by atoms with van der Waals surface area (Å²) in [6.07, 6.45) is 0. The number of hydrogen-bond acceptors (Lipinski definition) is 5. The Kier molecular flexibility index (Phi) is 4.21. The number of nitrogens with zero attached hydrogens (tertiary/aromatic N) is 4. The van der Waals surface area contributed by atoms with Crippen LogP contribution in [0.5, 0.6) is 0 Å². The van der Waals surface area contributed by atoms with Crippen LogP contribution in [0.25, 0.3) is 11.0 Å². The number of hydrogen-bond donors (Lipinski definition) is 0. The number of aryl methyl sites for hydroxylation is 1. The van der Waals surface area contributed by atoms with Crippen molar-refractivity contribution in [2.75, 3.05) is 0 Å². The van der Waals surface area contributed by atoms with Gasteiger partial charge in [-0.3, -0.25) is 14.9 Å². The molecule has 0 amide bonds. The summed E-state index contributed by atoms with van der Waals surface area (Å²) in [7, 11) is 1.73. The number of Topliss-reactive ketones (excluding diaryl/α,β-unsaturated/α-hetero) is 1. The van der Waals surface area contributed by atoms with E-state index in [9.17, 15) is 20.2 Å². The van der Waals surface area contributed by atoms with Crippen LogP contribution in [0.2, 0.25) is 5.02 Å². The molecule has 0 radical (unpaired) electrons. The fraction of sp³-hybridized carbons (Fsp3) is 0.118. The second-order valence-electron chi connectivity index (χ2n) is 5.37. The number of ketones is 1. The lowest BCUT2D eigenvalue weighted by atomic mass is 9.98. The average molecular weight is 355 g/mol. The number of fused-ring (bicyclic) bond motifs is 1. The van der Waals surface area contributed by atoms with Gasteiger partial charge >= 0.3 is 0 Å². The lowest BCUT2D eigenvalue weighted by Gasteiger charge is -2.09. The number of nitriles is 1. The zero-order valence-electron chi connectivity index (χ0n) is 13.0. The van der Waals surface area contributed by atoms with Gasteiger partial charge in [-0.15, -0.1) is 0 Å². The zero-order valence-corrected chi connectivity index (χ0v) is 13.8. The predicted molar refractivity (Wildman–Crippen MR) is 91.5 cm³/mol. The van der Waals surface area contributed by atoms with Crippen LogP contribution in [0, 0.1) is 21.4 Å². The first-order valence-corrected chi connectivity index (χ1v) is 7.61. The molecule has 0 aliphatic heterocycles. The van der Waals surface area contributed by atoms with Crippen LogP contribution in [-0.4, -0.2) is 20.3 Å². The van der Waals surface area contributed by atoms with Crippen LogP contribution in [0.15, 0.2) is 42.5 Å². The third-order valence-electron chi connectivity index (χ3n) is 3.90. The lowest BCUT2D eigenvalue weighted by molar-refractivity contribution is -0.384. The van der Waals surface area contributed by atoms with Crippen molar-refractivity contribution in [2.45, 2.75) is 5.92 Å². The van der Waals surface area contributed by atoms with Gasteiger partial charge in [-0.2, -0.15) is 5.26 Å². The number of rotatable bonds is 4. The van der Waals surface area contributed by atoms with Gasteiger partial charge in [0.05, 0.1) is 22.0 Å². The van der Waals surface area contributed by atoms with Crippen molar-refractivity contribution in [3.05, 3.63) is 69.0 Å². The Hall–Kier alpha value is -3.24. The van der Waals surface area contributed by atoms with E-state index >= 15 is 0 Å². The van der Waals surface area contributed by atoms with Gasteiger partial charge in [-0.05, 0) is 24.3 Å². The topological polar surface area (TPSA) is 102 Å². The van der Waals surface area contributed by atoms with Crippen LogP contribution in [-0.2, 0) is 7.05 Å². The number of imidazole rings is 1. The number of aromatic nitrogens is 2. The molecular weight excluding hydrogens is 344 g/mol. The second-order valence-corrected chi connectivity index (χ2v) is 5.77. The van der Waals surface area contributed by atoms with E-state index in [0.717, 1.165) is 11.6 Å². The minimum absolute atomic E-state index is 0.120. The van der Waals surface area contributed by atoms with E-state index in [0.29, 0.717) is 11.3 Å². The molecular formula is C17H11ClN4O3. The highest BCUT2D eigenvalue weighted by molar-refractivity contribution is 6.33. The van der Waals surface area contributed by atoms with Crippen molar-refractivity contribution in [1.82, 2.24) is 9.55 Å². The molecule has 3 aromatic rings. The summed E-state index contributed by atoms with van der Waals surface area (Å²) < 4.78 is 1.69. The maximum atomic E-state index is 12.7. The Balaban J connectivity index is 2.05. The molecule has 3 rings (SSSR count). The smallest absolute Gasteiger partial charge is 0.287 e. The Morgan fingerprint density at radius 1 is 1.36 bits per heavy atom. The molecule has 0 aliphatic rings. The molecule has 0 N–H and O–H groups in total. The van der Waals surface area contributed by atoms with Crippen LogP contribution < -0.4 is 0 Å². The highest BCUT2D eigenvalue weighted by atomic mass is 35.5. The Morgan fingerprint density at radius 3 is 2.68 bits per heavy atom. The second kappa shape index (κ2) is 6.34. The van der Waals surface area contributed by atoms with Gasteiger partial charge in [-0.1, -0.05) is 23.7 Å². The first-order valence-electron chi connectivity index (χ1n) is 7.23. The van der Waals surface area contributed by atoms with Gasteiger partial charge in [0, 0.05) is 18.7 Å². The minimum atomic E-state index is -1.14. The van der Waals surface area contributed by atoms with E-state index in [1.807, 2.05) is 24.3 Å². The molecule has 0 saturated carbocycles. The Morgan fingerprint density at radius 2 is 2.08 bits per heavy atom. The van der Waals surface area contributed by atoms with Crippen LogP contribution in [0.4, 0.5) is 5.69 Å². The molecule has 1 unspecified atom stereocenters. The van der Waals surface area contributed by atoms with Crippen molar-refractivity contribution in [2.24, 2.45) is 7.05 Å². The van der Waals surface area contributed by atoms with Gasteiger partial charge in [0.2, 0.25) is 0 Å². The van der Waals surface area contributed by atoms with Crippen molar-refractivity contribution in [1.29, 1.82) is 5.26 Å². The van der Waals surface area contributed by atoms with E-state index in [1.54, 1.807) is 17.7 Å². The van der Waals surface area contributed by atoms with E-state index < -0.39 is 16.6 Å². The highest BCUT2D eigenvalue weighted by Crippen LogP contribution is 2.29. The van der Waals surface area contributed by atoms with E-state index in [2.05, 4.69) is 4.98 Å². The molecule has 0 fully saturated rings. The Bertz CT molecular complexity index is 1050. The molecule has 7 nitrogen and oxygen atoms in total. The highest BCUT2D eigenvalue weighted by Gasteiger charge is 2.28. The Labute approximate surface area is 147 Å². The van der Waals surface area contributed by atoms with Gasteiger partial charge in [0.15, 0.2) is 11.7 Å². The van der Waals surface area contributed by atoms with Crippen molar-refractivity contribution >= 4 is 34.1 Å².